The summed E-state index contributed by atoms with van der Waals surface area (Å²) in [6, 6.07) is 8.24. The predicted molar refractivity (Wildman–Crippen MR) is 131 cm³/mol. The fourth-order valence-corrected chi connectivity index (χ4v) is 3.82. The lowest BCUT2D eigenvalue weighted by molar-refractivity contribution is -0.153. The smallest absolute Gasteiger partial charge is 0.325 e. The summed E-state index contributed by atoms with van der Waals surface area (Å²) in [5.74, 6) is -1.69. The summed E-state index contributed by atoms with van der Waals surface area (Å²) >= 11 is 0. The number of carbonyl (C=O) groups excluding carboxylic acids is 3. The van der Waals surface area contributed by atoms with Gasteiger partial charge in [0.05, 0.1) is 0 Å². The molecule has 1 aliphatic rings. The summed E-state index contributed by atoms with van der Waals surface area (Å²) in [5.41, 5.74) is 0.828. The number of nitrogens with zero attached hydrogens (tertiary/aromatic N) is 1. The summed E-state index contributed by atoms with van der Waals surface area (Å²) in [6.07, 6.45) is -1.75. The van der Waals surface area contributed by atoms with Crippen molar-refractivity contribution < 1.29 is 39.2 Å². The Labute approximate surface area is 211 Å². The molecule has 36 heavy (non-hydrogen) atoms. The number of methoxy groups -OCH3 is 1. The quantitative estimate of drug-likeness (QED) is 0.237. The van der Waals surface area contributed by atoms with Crippen LogP contribution < -0.4 is 5.32 Å². The summed E-state index contributed by atoms with van der Waals surface area (Å²) < 4.78 is 10.4. The molecule has 0 saturated carbocycles. The first-order valence-corrected chi connectivity index (χ1v) is 12.2. The van der Waals surface area contributed by atoms with Gasteiger partial charge < -0.3 is 35.0 Å². The third kappa shape index (κ3) is 9.02. The lowest BCUT2D eigenvalue weighted by Gasteiger charge is -2.29. The second-order valence-electron chi connectivity index (χ2n) is 9.22. The third-order valence-electron chi connectivity index (χ3n) is 5.88. The number of likely N-dealkylation sites (tertiary alicyclic amines) is 1. The molecule has 10 heteroatoms. The normalized spacial score (nSPS) is 20.0. The molecule has 200 valence electrons. The SMILES string of the molecule is CO[C@@H](C(=O)N[C@H]1CCCCN(CC(=O)OCc2ccccc2)C1=O)[C@H](O)[C@@H](O)[C@H](O)/C=C/C(C)C. The Balaban J connectivity index is 1.97. The van der Waals surface area contributed by atoms with Crippen molar-refractivity contribution in [1.82, 2.24) is 10.2 Å². The third-order valence-corrected chi connectivity index (χ3v) is 5.88. The Morgan fingerprint density at radius 3 is 2.44 bits per heavy atom. The maximum atomic E-state index is 13.1. The zero-order chi connectivity index (χ0) is 26.7. The zero-order valence-corrected chi connectivity index (χ0v) is 21.1. The number of benzene rings is 1. The van der Waals surface area contributed by atoms with Crippen molar-refractivity contribution in [3.8, 4) is 0 Å². The van der Waals surface area contributed by atoms with E-state index in [4.69, 9.17) is 9.47 Å². The van der Waals surface area contributed by atoms with Crippen molar-refractivity contribution in [2.24, 2.45) is 5.92 Å². The lowest BCUT2D eigenvalue weighted by atomic mass is 10.00. The van der Waals surface area contributed by atoms with Gasteiger partial charge in [0.15, 0.2) is 6.10 Å². The predicted octanol–water partition coefficient (Wildman–Crippen LogP) is 0.537. The molecule has 0 bridgehead atoms. The number of rotatable bonds is 12. The van der Waals surface area contributed by atoms with Gasteiger partial charge in [0.2, 0.25) is 5.91 Å². The number of aliphatic hydroxyl groups is 3. The van der Waals surface area contributed by atoms with E-state index in [0.29, 0.717) is 25.8 Å². The molecule has 0 spiro atoms. The van der Waals surface area contributed by atoms with E-state index in [9.17, 15) is 29.7 Å². The molecule has 1 heterocycles. The van der Waals surface area contributed by atoms with E-state index < -0.39 is 48.2 Å². The van der Waals surface area contributed by atoms with Crippen LogP contribution in [-0.4, -0.2) is 88.7 Å². The molecule has 1 aliphatic heterocycles. The van der Waals surface area contributed by atoms with Gasteiger partial charge in [-0.3, -0.25) is 14.4 Å². The van der Waals surface area contributed by atoms with Gasteiger partial charge in [0.25, 0.3) is 5.91 Å². The number of amides is 2. The van der Waals surface area contributed by atoms with Gasteiger partial charge in [-0.15, -0.1) is 0 Å². The standard InChI is InChI=1S/C26H38N2O8/c1-17(2)12-13-20(29)22(31)23(32)24(35-3)25(33)27-19-11-7-8-14-28(26(19)34)15-21(30)36-16-18-9-5-4-6-10-18/h4-6,9-10,12-13,17,19-20,22-24,29,31-32H,7-8,11,14-16H2,1-3H3,(H,27,33)/b13-12+/t19-,20+,22-,23+,24+/m0/s1. The monoisotopic (exact) mass is 506 g/mol. The number of esters is 1. The van der Waals surface area contributed by atoms with E-state index in [1.54, 1.807) is 6.08 Å². The van der Waals surface area contributed by atoms with Crippen LogP contribution in [0.15, 0.2) is 42.5 Å². The number of aliphatic hydroxyl groups excluding tert-OH is 3. The molecule has 2 rings (SSSR count). The van der Waals surface area contributed by atoms with Crippen LogP contribution in [0.25, 0.3) is 0 Å². The molecule has 10 nitrogen and oxygen atoms in total. The van der Waals surface area contributed by atoms with Crippen molar-refractivity contribution >= 4 is 17.8 Å². The summed E-state index contributed by atoms with van der Waals surface area (Å²) in [6.45, 7) is 3.95. The highest BCUT2D eigenvalue weighted by molar-refractivity contribution is 5.91. The van der Waals surface area contributed by atoms with E-state index in [-0.39, 0.29) is 19.1 Å². The number of hydrogen-bond acceptors (Lipinski definition) is 8. The second kappa shape index (κ2) is 14.7. The van der Waals surface area contributed by atoms with Gasteiger partial charge in [0.1, 0.15) is 37.5 Å². The molecule has 2 amide bonds. The Kier molecular flexibility index (Phi) is 12.0. The first-order valence-electron chi connectivity index (χ1n) is 12.2. The van der Waals surface area contributed by atoms with Crippen molar-refractivity contribution in [2.75, 3.05) is 20.2 Å². The topological polar surface area (TPSA) is 146 Å². The van der Waals surface area contributed by atoms with Crippen LogP contribution in [0.3, 0.4) is 0 Å². The van der Waals surface area contributed by atoms with Gasteiger partial charge >= 0.3 is 5.97 Å². The number of carbonyl (C=O) groups is 3. The van der Waals surface area contributed by atoms with Gasteiger partial charge in [-0.05, 0) is 30.7 Å². The molecular formula is C26H38N2O8. The summed E-state index contributed by atoms with van der Waals surface area (Å²) in [4.78, 5) is 39.6. The minimum atomic E-state index is -1.74. The molecule has 1 aromatic carbocycles. The zero-order valence-electron chi connectivity index (χ0n) is 21.1. The van der Waals surface area contributed by atoms with E-state index >= 15 is 0 Å². The van der Waals surface area contributed by atoms with Crippen molar-refractivity contribution in [1.29, 1.82) is 0 Å². The molecule has 1 fully saturated rings. The second-order valence-corrected chi connectivity index (χ2v) is 9.22. The number of hydrogen-bond donors (Lipinski definition) is 4. The number of nitrogens with one attached hydrogen (secondary N) is 1. The average molecular weight is 507 g/mol. The Morgan fingerprint density at radius 1 is 1.11 bits per heavy atom. The van der Waals surface area contributed by atoms with Crippen molar-refractivity contribution in [3.05, 3.63) is 48.0 Å². The first-order chi connectivity index (χ1) is 17.1. The largest absolute Gasteiger partial charge is 0.459 e. The molecular weight excluding hydrogens is 468 g/mol. The Morgan fingerprint density at radius 2 is 1.81 bits per heavy atom. The average Bonchev–Trinajstić information content (AvgIpc) is 3.02. The minimum Gasteiger partial charge on any atom is -0.459 e. The molecule has 4 N–H and O–H groups in total. The van der Waals surface area contributed by atoms with Gasteiger partial charge in [-0.2, -0.15) is 0 Å². The lowest BCUT2D eigenvalue weighted by Crippen LogP contribution is -2.56. The van der Waals surface area contributed by atoms with E-state index in [2.05, 4.69) is 5.32 Å². The van der Waals surface area contributed by atoms with Crippen LogP contribution in [0.4, 0.5) is 0 Å². The van der Waals surface area contributed by atoms with Crippen molar-refractivity contribution in [2.45, 2.75) is 70.2 Å². The van der Waals surface area contributed by atoms with Gasteiger partial charge in [0, 0.05) is 13.7 Å². The van der Waals surface area contributed by atoms with Gasteiger partial charge in [-0.1, -0.05) is 56.3 Å². The molecule has 0 aromatic heterocycles. The van der Waals surface area contributed by atoms with Crippen LogP contribution in [0, 0.1) is 5.92 Å². The first kappa shape index (κ1) is 29.4. The molecule has 0 aliphatic carbocycles. The highest BCUT2D eigenvalue weighted by Crippen LogP contribution is 2.15. The van der Waals surface area contributed by atoms with E-state index in [0.717, 1.165) is 5.56 Å². The molecule has 1 saturated heterocycles. The summed E-state index contributed by atoms with van der Waals surface area (Å²) in [7, 11) is 1.18. The summed E-state index contributed by atoms with van der Waals surface area (Å²) in [5, 5.41) is 33.4. The van der Waals surface area contributed by atoms with Crippen LogP contribution in [0.1, 0.15) is 38.7 Å². The Bertz CT molecular complexity index is 876. The van der Waals surface area contributed by atoms with Crippen molar-refractivity contribution in [3.63, 3.8) is 0 Å². The van der Waals surface area contributed by atoms with Gasteiger partial charge in [-0.25, -0.2) is 0 Å². The fraction of sp³-hybridized carbons (Fsp3) is 0.577. The highest BCUT2D eigenvalue weighted by Gasteiger charge is 2.38. The number of ether oxygens (including phenoxy) is 2. The Hall–Kier alpha value is -2.79. The van der Waals surface area contributed by atoms with Crippen LogP contribution in [0.2, 0.25) is 0 Å². The highest BCUT2D eigenvalue weighted by atomic mass is 16.5. The molecule has 1 aromatic rings. The maximum absolute atomic E-state index is 13.1. The maximum Gasteiger partial charge on any atom is 0.325 e. The van der Waals surface area contributed by atoms with Crippen LogP contribution in [-0.2, 0) is 30.5 Å². The fourth-order valence-electron chi connectivity index (χ4n) is 3.82. The van der Waals surface area contributed by atoms with E-state index in [1.165, 1.54) is 18.1 Å². The molecule has 0 unspecified atom stereocenters. The molecule has 0 radical (unpaired) electrons. The minimum absolute atomic E-state index is 0.0931. The molecule has 5 atom stereocenters. The number of allylic oxidation sites excluding steroid dienone is 1. The van der Waals surface area contributed by atoms with Crippen LogP contribution in [0.5, 0.6) is 0 Å². The van der Waals surface area contributed by atoms with E-state index in [1.807, 2.05) is 44.2 Å². The van der Waals surface area contributed by atoms with Crippen LogP contribution >= 0.6 is 0 Å².